The van der Waals surface area contributed by atoms with Gasteiger partial charge in [-0.05, 0) is 25.0 Å². The van der Waals surface area contributed by atoms with Crippen LogP contribution in [0.15, 0.2) is 36.9 Å². The van der Waals surface area contributed by atoms with E-state index in [1.54, 1.807) is 36.3 Å². The summed E-state index contributed by atoms with van der Waals surface area (Å²) in [6.45, 7) is 2.50. The molecule has 5 rings (SSSR count). The minimum atomic E-state index is -0.454. The molecule has 31 heavy (non-hydrogen) atoms. The summed E-state index contributed by atoms with van der Waals surface area (Å²) in [4.78, 5) is 10.9. The van der Waals surface area contributed by atoms with Crippen molar-refractivity contribution in [3.8, 4) is 11.1 Å². The van der Waals surface area contributed by atoms with Crippen LogP contribution in [0, 0.1) is 11.2 Å². The minimum absolute atomic E-state index is 0.0587. The molecule has 3 N–H and O–H groups in total. The average molecular weight is 421 g/mol. The van der Waals surface area contributed by atoms with Crippen molar-refractivity contribution in [1.29, 1.82) is 5.41 Å². The molecule has 0 aliphatic carbocycles. The first-order valence-electron chi connectivity index (χ1n) is 10.3. The summed E-state index contributed by atoms with van der Waals surface area (Å²) in [7, 11) is 1.77. The van der Waals surface area contributed by atoms with Crippen LogP contribution in [-0.2, 0) is 11.8 Å². The topological polar surface area (TPSA) is 106 Å². The maximum Gasteiger partial charge on any atom is 0.133 e. The number of aromatic nitrogens is 4. The van der Waals surface area contributed by atoms with Crippen molar-refractivity contribution in [2.75, 3.05) is 30.3 Å². The SMILES string of the molecule is Cn1cc(-c2cc(C(=N)c3cc(N4CCCC5(CCO5)C4)ncn3)c(N)cc2F)cn1. The Balaban J connectivity index is 1.46. The van der Waals surface area contributed by atoms with Crippen LogP contribution in [-0.4, -0.2) is 50.8 Å². The largest absolute Gasteiger partial charge is 0.398 e. The van der Waals surface area contributed by atoms with Crippen LogP contribution in [0.2, 0.25) is 0 Å². The number of aryl methyl sites for hydroxylation is 1. The molecule has 0 radical (unpaired) electrons. The first-order chi connectivity index (χ1) is 14.9. The van der Waals surface area contributed by atoms with Gasteiger partial charge in [0.15, 0.2) is 0 Å². The summed E-state index contributed by atoms with van der Waals surface area (Å²) in [5.74, 6) is 0.307. The van der Waals surface area contributed by atoms with Gasteiger partial charge in [0.25, 0.3) is 0 Å². The molecule has 1 atom stereocenters. The summed E-state index contributed by atoms with van der Waals surface area (Å²) in [5.41, 5.74) is 8.16. The zero-order chi connectivity index (χ0) is 21.6. The van der Waals surface area contributed by atoms with Gasteiger partial charge >= 0.3 is 0 Å². The van der Waals surface area contributed by atoms with Crippen molar-refractivity contribution in [2.24, 2.45) is 7.05 Å². The molecule has 160 valence electrons. The van der Waals surface area contributed by atoms with E-state index in [1.165, 1.54) is 12.4 Å². The van der Waals surface area contributed by atoms with Gasteiger partial charge in [0, 0.05) is 61.2 Å². The van der Waals surface area contributed by atoms with Crippen molar-refractivity contribution < 1.29 is 9.13 Å². The standard InChI is InChI=1S/C22H24FN7O/c1-29-11-14(10-28-29)15-7-16(18(24)8-17(15)23)21(25)19-9-20(27-13-26-19)30-5-2-3-22(12-30)4-6-31-22/h7-11,13,25H,2-6,12,24H2,1H3. The zero-order valence-electron chi connectivity index (χ0n) is 17.3. The minimum Gasteiger partial charge on any atom is -0.398 e. The van der Waals surface area contributed by atoms with E-state index in [1.807, 2.05) is 0 Å². The van der Waals surface area contributed by atoms with Crippen LogP contribution in [0.5, 0.6) is 0 Å². The predicted octanol–water partition coefficient (Wildman–Crippen LogP) is 2.77. The van der Waals surface area contributed by atoms with E-state index in [9.17, 15) is 4.39 Å². The van der Waals surface area contributed by atoms with E-state index in [0.29, 0.717) is 22.4 Å². The summed E-state index contributed by atoms with van der Waals surface area (Å²) < 4.78 is 22.0. The molecule has 2 aromatic heterocycles. The molecule has 0 bridgehead atoms. The lowest BCUT2D eigenvalue weighted by Gasteiger charge is -2.48. The molecule has 2 aliphatic rings. The summed E-state index contributed by atoms with van der Waals surface area (Å²) in [5, 5.41) is 12.8. The Morgan fingerprint density at radius 2 is 2.10 bits per heavy atom. The van der Waals surface area contributed by atoms with Crippen LogP contribution in [0.1, 0.15) is 30.5 Å². The molecule has 8 nitrogen and oxygen atoms in total. The molecule has 2 aliphatic heterocycles. The van der Waals surface area contributed by atoms with Crippen molar-refractivity contribution in [1.82, 2.24) is 19.7 Å². The summed E-state index contributed by atoms with van der Waals surface area (Å²) >= 11 is 0. The normalized spacial score (nSPS) is 20.6. The number of ether oxygens (including phenoxy) is 1. The highest BCUT2D eigenvalue weighted by atomic mass is 19.1. The third kappa shape index (κ3) is 3.54. The molecule has 9 heteroatoms. The maximum absolute atomic E-state index is 14.6. The van der Waals surface area contributed by atoms with Crippen LogP contribution in [0.25, 0.3) is 11.1 Å². The molecule has 4 heterocycles. The number of nitrogens with zero attached hydrogens (tertiary/aromatic N) is 5. The monoisotopic (exact) mass is 421 g/mol. The number of rotatable bonds is 4. The van der Waals surface area contributed by atoms with Crippen LogP contribution >= 0.6 is 0 Å². The molecule has 0 amide bonds. The average Bonchev–Trinajstić information content (AvgIpc) is 3.18. The van der Waals surface area contributed by atoms with E-state index in [-0.39, 0.29) is 17.0 Å². The lowest BCUT2D eigenvalue weighted by molar-refractivity contribution is -0.151. The van der Waals surface area contributed by atoms with E-state index in [0.717, 1.165) is 44.8 Å². The first-order valence-corrected chi connectivity index (χ1v) is 10.3. The Labute approximate surface area is 179 Å². The van der Waals surface area contributed by atoms with Crippen LogP contribution in [0.3, 0.4) is 0 Å². The number of nitrogens with one attached hydrogen (secondary N) is 1. The molecule has 1 unspecified atom stereocenters. The second-order valence-electron chi connectivity index (χ2n) is 8.27. The number of anilines is 2. The third-order valence-corrected chi connectivity index (χ3v) is 6.16. The number of hydrogen-bond donors (Lipinski definition) is 2. The van der Waals surface area contributed by atoms with E-state index in [4.69, 9.17) is 15.9 Å². The smallest absolute Gasteiger partial charge is 0.133 e. The van der Waals surface area contributed by atoms with E-state index < -0.39 is 5.82 Å². The number of benzene rings is 1. The van der Waals surface area contributed by atoms with E-state index in [2.05, 4.69) is 20.0 Å². The van der Waals surface area contributed by atoms with Gasteiger partial charge in [-0.1, -0.05) is 0 Å². The Morgan fingerprint density at radius 1 is 1.26 bits per heavy atom. The van der Waals surface area contributed by atoms with Gasteiger partial charge in [-0.25, -0.2) is 14.4 Å². The molecule has 1 aromatic carbocycles. The van der Waals surface area contributed by atoms with Crippen molar-refractivity contribution >= 4 is 17.2 Å². The molecule has 0 saturated carbocycles. The molecule has 1 spiro atoms. The lowest BCUT2D eigenvalue weighted by atomic mass is 9.86. The number of piperidine rings is 1. The molecule has 2 fully saturated rings. The number of halogens is 1. The quantitative estimate of drug-likeness (QED) is 0.496. The Kier molecular flexibility index (Phi) is 4.70. The highest BCUT2D eigenvalue weighted by Crippen LogP contribution is 2.37. The number of nitrogen functional groups attached to an aromatic ring is 1. The maximum atomic E-state index is 14.6. The fourth-order valence-electron chi connectivity index (χ4n) is 4.39. The third-order valence-electron chi connectivity index (χ3n) is 6.16. The predicted molar refractivity (Wildman–Crippen MR) is 116 cm³/mol. The second-order valence-corrected chi connectivity index (χ2v) is 8.27. The van der Waals surface area contributed by atoms with Gasteiger partial charge < -0.3 is 15.4 Å². The van der Waals surface area contributed by atoms with Crippen LogP contribution in [0.4, 0.5) is 15.9 Å². The van der Waals surface area contributed by atoms with Crippen molar-refractivity contribution in [3.63, 3.8) is 0 Å². The van der Waals surface area contributed by atoms with Gasteiger partial charge in [0.05, 0.1) is 29.8 Å². The second kappa shape index (κ2) is 7.42. The Morgan fingerprint density at radius 3 is 2.81 bits per heavy atom. The molecular formula is C22H24FN7O. The molecule has 3 aromatic rings. The fourth-order valence-corrected chi connectivity index (χ4v) is 4.39. The van der Waals surface area contributed by atoms with Gasteiger partial charge in [-0.3, -0.25) is 10.1 Å². The van der Waals surface area contributed by atoms with E-state index >= 15 is 0 Å². The number of hydrogen-bond acceptors (Lipinski definition) is 7. The zero-order valence-corrected chi connectivity index (χ0v) is 17.3. The van der Waals surface area contributed by atoms with Crippen molar-refractivity contribution in [3.05, 3.63) is 54.0 Å². The first kappa shape index (κ1) is 19.6. The van der Waals surface area contributed by atoms with Gasteiger partial charge in [0.2, 0.25) is 0 Å². The molecule has 2 saturated heterocycles. The Hall–Kier alpha value is -3.33. The lowest BCUT2D eigenvalue weighted by Crippen LogP contribution is -2.56. The Bertz CT molecular complexity index is 1150. The van der Waals surface area contributed by atoms with Crippen LogP contribution < -0.4 is 10.6 Å². The van der Waals surface area contributed by atoms with Gasteiger partial charge in [-0.2, -0.15) is 5.10 Å². The number of nitrogens with two attached hydrogens (primary N) is 1. The van der Waals surface area contributed by atoms with Gasteiger partial charge in [0.1, 0.15) is 18.0 Å². The summed E-state index contributed by atoms with van der Waals surface area (Å²) in [6, 6.07) is 4.63. The molecular weight excluding hydrogens is 397 g/mol. The fraction of sp³-hybridized carbons (Fsp3) is 0.364. The van der Waals surface area contributed by atoms with Gasteiger partial charge in [-0.15, -0.1) is 0 Å². The highest BCUT2D eigenvalue weighted by molar-refractivity contribution is 6.13. The highest BCUT2D eigenvalue weighted by Gasteiger charge is 2.42. The summed E-state index contributed by atoms with van der Waals surface area (Å²) in [6.07, 6.45) is 7.94. The van der Waals surface area contributed by atoms with Crippen molar-refractivity contribution in [2.45, 2.75) is 24.9 Å².